The van der Waals surface area contributed by atoms with Crippen LogP contribution < -0.4 is 9.47 Å². The first kappa shape index (κ1) is 13.4. The minimum Gasteiger partial charge on any atom is -0.454 e. The van der Waals surface area contributed by atoms with Crippen molar-refractivity contribution in [1.29, 1.82) is 0 Å². The molecule has 2 rings (SSSR count). The van der Waals surface area contributed by atoms with Gasteiger partial charge in [0.05, 0.1) is 0 Å². The smallest absolute Gasteiger partial charge is 0.231 e. The van der Waals surface area contributed by atoms with Crippen molar-refractivity contribution in [2.24, 2.45) is 0 Å². The van der Waals surface area contributed by atoms with Crippen molar-refractivity contribution < 1.29 is 14.3 Å². The molecule has 19 heavy (non-hydrogen) atoms. The minimum absolute atomic E-state index is 0.134. The first-order valence-corrected chi connectivity index (χ1v) is 6.39. The minimum atomic E-state index is 0.134. The summed E-state index contributed by atoms with van der Waals surface area (Å²) in [5.74, 6) is 1.63. The normalized spacial score (nSPS) is 12.7. The maximum Gasteiger partial charge on any atom is 0.231 e. The SMILES string of the molecule is CC(C)=CCCC(=O)/C=C/c1ccc2c(c1)OCO2. The molecule has 100 valence electrons. The van der Waals surface area contributed by atoms with Gasteiger partial charge in [0, 0.05) is 6.42 Å². The van der Waals surface area contributed by atoms with Crippen molar-refractivity contribution in [2.75, 3.05) is 6.79 Å². The van der Waals surface area contributed by atoms with Gasteiger partial charge in [-0.05, 0) is 44.0 Å². The van der Waals surface area contributed by atoms with Gasteiger partial charge >= 0.3 is 0 Å². The van der Waals surface area contributed by atoms with E-state index in [4.69, 9.17) is 9.47 Å². The summed E-state index contributed by atoms with van der Waals surface area (Å²) in [6.45, 7) is 4.34. The van der Waals surface area contributed by atoms with Gasteiger partial charge in [-0.1, -0.05) is 23.8 Å². The largest absolute Gasteiger partial charge is 0.454 e. The van der Waals surface area contributed by atoms with Crippen LogP contribution >= 0.6 is 0 Å². The molecule has 0 bridgehead atoms. The molecule has 0 fully saturated rings. The van der Waals surface area contributed by atoms with Crippen LogP contribution in [0.3, 0.4) is 0 Å². The molecule has 0 aromatic heterocycles. The second-order valence-corrected chi connectivity index (χ2v) is 4.73. The average Bonchev–Trinajstić information content (AvgIpc) is 2.83. The number of carbonyl (C=O) groups excluding carboxylic acids is 1. The van der Waals surface area contributed by atoms with E-state index in [2.05, 4.69) is 6.08 Å². The molecule has 1 aromatic carbocycles. The number of fused-ring (bicyclic) bond motifs is 1. The van der Waals surface area contributed by atoms with E-state index in [1.165, 1.54) is 5.57 Å². The number of hydrogen-bond acceptors (Lipinski definition) is 3. The predicted octanol–water partition coefficient (Wildman–Crippen LogP) is 3.74. The van der Waals surface area contributed by atoms with Gasteiger partial charge in [-0.15, -0.1) is 0 Å². The summed E-state index contributed by atoms with van der Waals surface area (Å²) in [5, 5.41) is 0. The Bertz CT molecular complexity index is 523. The second-order valence-electron chi connectivity index (χ2n) is 4.73. The highest BCUT2D eigenvalue weighted by atomic mass is 16.7. The number of ether oxygens (including phenoxy) is 2. The number of rotatable bonds is 5. The Kier molecular flexibility index (Phi) is 4.39. The van der Waals surface area contributed by atoms with Gasteiger partial charge in [0.15, 0.2) is 17.3 Å². The highest BCUT2D eigenvalue weighted by Gasteiger charge is 2.12. The van der Waals surface area contributed by atoms with E-state index in [-0.39, 0.29) is 12.6 Å². The summed E-state index contributed by atoms with van der Waals surface area (Å²) >= 11 is 0. The van der Waals surface area contributed by atoms with Crippen molar-refractivity contribution in [3.63, 3.8) is 0 Å². The lowest BCUT2D eigenvalue weighted by atomic mass is 10.1. The van der Waals surface area contributed by atoms with Crippen LogP contribution in [0.15, 0.2) is 35.9 Å². The Labute approximate surface area is 113 Å². The highest BCUT2D eigenvalue weighted by Crippen LogP contribution is 2.32. The molecular weight excluding hydrogens is 240 g/mol. The third kappa shape index (κ3) is 3.98. The first-order chi connectivity index (χ1) is 9.15. The molecule has 1 heterocycles. The van der Waals surface area contributed by atoms with Gasteiger partial charge in [0.2, 0.25) is 6.79 Å². The van der Waals surface area contributed by atoms with Crippen molar-refractivity contribution >= 4 is 11.9 Å². The van der Waals surface area contributed by atoms with Crippen LogP contribution in [-0.2, 0) is 4.79 Å². The summed E-state index contributed by atoms with van der Waals surface area (Å²) in [7, 11) is 0. The topological polar surface area (TPSA) is 35.5 Å². The van der Waals surface area contributed by atoms with Gasteiger partial charge in [0.1, 0.15) is 0 Å². The fourth-order valence-electron chi connectivity index (χ4n) is 1.79. The molecule has 0 saturated carbocycles. The molecule has 0 N–H and O–H groups in total. The number of allylic oxidation sites excluding steroid dienone is 3. The van der Waals surface area contributed by atoms with Crippen LogP contribution in [0.1, 0.15) is 32.3 Å². The fraction of sp³-hybridized carbons (Fsp3) is 0.312. The molecule has 0 saturated heterocycles. The summed E-state index contributed by atoms with van der Waals surface area (Å²) in [6, 6.07) is 5.64. The molecule has 0 spiro atoms. The Morgan fingerprint density at radius 1 is 1.26 bits per heavy atom. The van der Waals surface area contributed by atoms with Gasteiger partial charge in [-0.2, -0.15) is 0 Å². The zero-order valence-corrected chi connectivity index (χ0v) is 11.3. The Hall–Kier alpha value is -2.03. The van der Waals surface area contributed by atoms with Crippen LogP contribution in [0.5, 0.6) is 11.5 Å². The number of benzene rings is 1. The van der Waals surface area contributed by atoms with Crippen LogP contribution in [0, 0.1) is 0 Å². The lowest BCUT2D eigenvalue weighted by Crippen LogP contribution is -1.92. The van der Waals surface area contributed by atoms with Crippen molar-refractivity contribution in [3.05, 3.63) is 41.5 Å². The molecule has 0 atom stereocenters. The highest BCUT2D eigenvalue weighted by molar-refractivity contribution is 5.93. The van der Waals surface area contributed by atoms with E-state index < -0.39 is 0 Å². The molecular formula is C16H18O3. The van der Waals surface area contributed by atoms with E-state index >= 15 is 0 Å². The Morgan fingerprint density at radius 3 is 2.84 bits per heavy atom. The maximum atomic E-state index is 11.7. The van der Waals surface area contributed by atoms with Crippen molar-refractivity contribution in [1.82, 2.24) is 0 Å². The average molecular weight is 258 g/mol. The molecule has 0 aliphatic carbocycles. The van der Waals surface area contributed by atoms with E-state index in [1.54, 1.807) is 6.08 Å². The third-order valence-electron chi connectivity index (χ3n) is 2.80. The third-order valence-corrected chi connectivity index (χ3v) is 2.80. The quantitative estimate of drug-likeness (QED) is 0.596. The lowest BCUT2D eigenvalue weighted by molar-refractivity contribution is -0.114. The molecule has 3 heteroatoms. The Balaban J connectivity index is 1.91. The molecule has 1 aliphatic rings. The zero-order valence-electron chi connectivity index (χ0n) is 11.3. The fourth-order valence-corrected chi connectivity index (χ4v) is 1.79. The van der Waals surface area contributed by atoms with Crippen LogP contribution in [-0.4, -0.2) is 12.6 Å². The monoisotopic (exact) mass is 258 g/mol. The molecule has 1 aromatic rings. The maximum absolute atomic E-state index is 11.7. The molecule has 0 unspecified atom stereocenters. The number of carbonyl (C=O) groups is 1. The summed E-state index contributed by atoms with van der Waals surface area (Å²) in [4.78, 5) is 11.7. The van der Waals surface area contributed by atoms with Crippen molar-refractivity contribution in [2.45, 2.75) is 26.7 Å². The summed E-state index contributed by atoms with van der Waals surface area (Å²) in [6.07, 6.45) is 6.86. The number of hydrogen-bond donors (Lipinski definition) is 0. The molecule has 0 amide bonds. The standard InChI is InChI=1S/C16H18O3/c1-12(2)4-3-5-14(17)8-6-13-7-9-15-16(10-13)19-11-18-15/h4,6-10H,3,5,11H2,1-2H3/b8-6+. The van der Waals surface area contributed by atoms with E-state index in [9.17, 15) is 4.79 Å². The molecule has 1 aliphatic heterocycles. The van der Waals surface area contributed by atoms with Gasteiger partial charge in [-0.3, -0.25) is 4.79 Å². The van der Waals surface area contributed by atoms with Gasteiger partial charge < -0.3 is 9.47 Å². The van der Waals surface area contributed by atoms with Gasteiger partial charge in [0.25, 0.3) is 0 Å². The number of ketones is 1. The van der Waals surface area contributed by atoms with Gasteiger partial charge in [-0.25, -0.2) is 0 Å². The lowest BCUT2D eigenvalue weighted by Gasteiger charge is -1.97. The van der Waals surface area contributed by atoms with Crippen molar-refractivity contribution in [3.8, 4) is 11.5 Å². The van der Waals surface area contributed by atoms with E-state index in [0.717, 1.165) is 23.5 Å². The first-order valence-electron chi connectivity index (χ1n) is 6.39. The van der Waals surface area contributed by atoms with Crippen LogP contribution in [0.25, 0.3) is 6.08 Å². The summed E-state index contributed by atoms with van der Waals surface area (Å²) < 4.78 is 10.5. The second kappa shape index (κ2) is 6.23. The van der Waals surface area contributed by atoms with Crippen LogP contribution in [0.2, 0.25) is 0 Å². The Morgan fingerprint density at radius 2 is 2.05 bits per heavy atom. The van der Waals surface area contributed by atoms with E-state index in [0.29, 0.717) is 6.42 Å². The predicted molar refractivity (Wildman–Crippen MR) is 75.3 cm³/mol. The van der Waals surface area contributed by atoms with Crippen LogP contribution in [0.4, 0.5) is 0 Å². The van der Waals surface area contributed by atoms with E-state index in [1.807, 2.05) is 38.1 Å². The molecule has 0 radical (unpaired) electrons. The molecule has 3 nitrogen and oxygen atoms in total. The zero-order chi connectivity index (χ0) is 13.7. The summed E-state index contributed by atoms with van der Waals surface area (Å²) in [5.41, 5.74) is 2.19.